The molecule has 0 spiro atoms. The molecule has 0 radical (unpaired) electrons. The fraction of sp³-hybridized carbons (Fsp3) is 0.533. The number of nitrogens with one attached hydrogen (secondary N) is 2. The van der Waals surface area contributed by atoms with Crippen LogP contribution in [0, 0.1) is 0 Å². The number of benzene rings is 1. The number of hydrogen-bond donors (Lipinski definition) is 3. The molecule has 1 fully saturated rings. The molecule has 1 amide bonds. The average Bonchev–Trinajstić information content (AvgIpc) is 2.28. The number of anilines is 1. The first-order valence-electron chi connectivity index (χ1n) is 6.92. The van der Waals surface area contributed by atoms with Gasteiger partial charge in [-0.25, -0.2) is 4.79 Å². The van der Waals surface area contributed by atoms with Crippen LogP contribution in [0.1, 0.15) is 32.3 Å². The number of phenols is 1. The van der Waals surface area contributed by atoms with Crippen LogP contribution in [-0.4, -0.2) is 37.0 Å². The third-order valence-corrected chi connectivity index (χ3v) is 3.21. The van der Waals surface area contributed by atoms with Crippen molar-refractivity contribution in [1.82, 2.24) is 5.32 Å². The van der Waals surface area contributed by atoms with Crippen molar-refractivity contribution in [2.24, 2.45) is 0 Å². The lowest BCUT2D eigenvalue weighted by molar-refractivity contribution is 0.0635. The summed E-state index contributed by atoms with van der Waals surface area (Å²) in [6.07, 6.45) is -0.608. The number of amides is 1. The maximum Gasteiger partial charge on any atom is 0.412 e. The van der Waals surface area contributed by atoms with Crippen molar-refractivity contribution in [3.63, 3.8) is 0 Å². The van der Waals surface area contributed by atoms with Gasteiger partial charge >= 0.3 is 6.09 Å². The van der Waals surface area contributed by atoms with E-state index in [0.717, 1.165) is 18.7 Å². The first-order valence-corrected chi connectivity index (χ1v) is 6.92. The van der Waals surface area contributed by atoms with Crippen LogP contribution < -0.4 is 15.4 Å². The lowest BCUT2D eigenvalue weighted by atomic mass is 9.93. The molecule has 1 aromatic rings. The molecule has 0 unspecified atom stereocenters. The van der Waals surface area contributed by atoms with Crippen LogP contribution in [0.5, 0.6) is 11.5 Å². The zero-order chi connectivity index (χ0) is 15.6. The third-order valence-electron chi connectivity index (χ3n) is 3.21. The standard InChI is InChI=1S/C15H22N2O4/c1-15(2,3)21-14(19)17-11-5-9(10-7-16-8-10)6-12(20-4)13(11)18/h5-6,10,16,18H,7-8H2,1-4H3,(H,17,19). The summed E-state index contributed by atoms with van der Waals surface area (Å²) in [6, 6.07) is 3.55. The van der Waals surface area contributed by atoms with Crippen molar-refractivity contribution in [1.29, 1.82) is 0 Å². The van der Waals surface area contributed by atoms with Crippen LogP contribution in [-0.2, 0) is 4.74 Å². The van der Waals surface area contributed by atoms with Crippen LogP contribution in [0.15, 0.2) is 12.1 Å². The van der Waals surface area contributed by atoms with E-state index in [0.29, 0.717) is 17.4 Å². The van der Waals surface area contributed by atoms with Crippen LogP contribution in [0.2, 0.25) is 0 Å². The van der Waals surface area contributed by atoms with Crippen LogP contribution in [0.4, 0.5) is 10.5 Å². The molecule has 1 saturated heterocycles. The van der Waals surface area contributed by atoms with Gasteiger partial charge in [-0.1, -0.05) is 0 Å². The van der Waals surface area contributed by atoms with Gasteiger partial charge in [-0.2, -0.15) is 0 Å². The summed E-state index contributed by atoms with van der Waals surface area (Å²) in [5.41, 5.74) is 0.708. The Bertz CT molecular complexity index is 533. The Labute approximate surface area is 124 Å². The second kappa shape index (κ2) is 5.81. The van der Waals surface area contributed by atoms with Crippen molar-refractivity contribution in [2.45, 2.75) is 32.3 Å². The van der Waals surface area contributed by atoms with E-state index in [1.54, 1.807) is 32.9 Å². The van der Waals surface area contributed by atoms with Crippen molar-refractivity contribution in [3.05, 3.63) is 17.7 Å². The van der Waals surface area contributed by atoms with E-state index in [9.17, 15) is 9.90 Å². The van der Waals surface area contributed by atoms with Gasteiger partial charge in [0, 0.05) is 19.0 Å². The number of phenolic OH excluding ortho intramolecular Hbond substituents is 1. The fourth-order valence-electron chi connectivity index (χ4n) is 2.05. The molecule has 1 aliphatic heterocycles. The van der Waals surface area contributed by atoms with Crippen LogP contribution in [0.3, 0.4) is 0 Å². The highest BCUT2D eigenvalue weighted by Gasteiger charge is 2.24. The molecule has 6 nitrogen and oxygen atoms in total. The summed E-state index contributed by atoms with van der Waals surface area (Å²) >= 11 is 0. The largest absolute Gasteiger partial charge is 0.503 e. The van der Waals surface area contributed by atoms with E-state index in [1.165, 1.54) is 7.11 Å². The van der Waals surface area contributed by atoms with Crippen LogP contribution in [0.25, 0.3) is 0 Å². The van der Waals surface area contributed by atoms with E-state index in [-0.39, 0.29) is 5.75 Å². The summed E-state index contributed by atoms with van der Waals surface area (Å²) in [6.45, 7) is 7.09. The number of methoxy groups -OCH3 is 1. The zero-order valence-corrected chi connectivity index (χ0v) is 12.8. The van der Waals surface area contributed by atoms with Crippen molar-refractivity contribution in [3.8, 4) is 11.5 Å². The molecule has 1 heterocycles. The van der Waals surface area contributed by atoms with Crippen LogP contribution >= 0.6 is 0 Å². The summed E-state index contributed by atoms with van der Waals surface area (Å²) in [5, 5.41) is 15.9. The van der Waals surface area contributed by atoms with Crippen molar-refractivity contribution >= 4 is 11.8 Å². The molecule has 2 rings (SSSR count). The molecule has 0 aliphatic carbocycles. The van der Waals surface area contributed by atoms with E-state index in [4.69, 9.17) is 9.47 Å². The molecule has 0 aromatic heterocycles. The molecule has 0 atom stereocenters. The summed E-state index contributed by atoms with van der Waals surface area (Å²) < 4.78 is 10.4. The van der Waals surface area contributed by atoms with Gasteiger partial charge in [0.2, 0.25) is 0 Å². The number of carbonyl (C=O) groups excluding carboxylic acids is 1. The zero-order valence-electron chi connectivity index (χ0n) is 12.8. The van der Waals surface area contributed by atoms with Crippen molar-refractivity contribution < 1.29 is 19.4 Å². The maximum atomic E-state index is 11.8. The molecule has 1 aliphatic rings. The van der Waals surface area contributed by atoms with E-state index >= 15 is 0 Å². The van der Waals surface area contributed by atoms with Gasteiger partial charge in [-0.3, -0.25) is 5.32 Å². The number of rotatable bonds is 3. The minimum atomic E-state index is -0.608. The Hall–Kier alpha value is -1.95. The molecule has 3 N–H and O–H groups in total. The Morgan fingerprint density at radius 2 is 2.05 bits per heavy atom. The Balaban J connectivity index is 2.22. The minimum Gasteiger partial charge on any atom is -0.503 e. The molecule has 0 saturated carbocycles. The average molecular weight is 294 g/mol. The maximum absolute atomic E-state index is 11.8. The number of carbonyl (C=O) groups is 1. The van der Waals surface area contributed by atoms with Gasteiger partial charge in [0.05, 0.1) is 12.8 Å². The molecular weight excluding hydrogens is 272 g/mol. The first-order chi connectivity index (χ1) is 9.80. The Kier molecular flexibility index (Phi) is 4.27. The van der Waals surface area contributed by atoms with Gasteiger partial charge in [-0.15, -0.1) is 0 Å². The normalized spacial score (nSPS) is 15.2. The molecule has 6 heteroatoms. The predicted octanol–water partition coefficient (Wildman–Crippen LogP) is 2.43. The van der Waals surface area contributed by atoms with Gasteiger partial charge in [-0.05, 0) is 38.5 Å². The highest BCUT2D eigenvalue weighted by Crippen LogP contribution is 2.38. The number of ether oxygens (including phenoxy) is 2. The Morgan fingerprint density at radius 3 is 2.52 bits per heavy atom. The number of hydrogen-bond acceptors (Lipinski definition) is 5. The Morgan fingerprint density at radius 1 is 1.38 bits per heavy atom. The molecule has 1 aromatic carbocycles. The van der Waals surface area contributed by atoms with Gasteiger partial charge < -0.3 is 19.9 Å². The van der Waals surface area contributed by atoms with Gasteiger partial charge in [0.1, 0.15) is 5.60 Å². The first kappa shape index (κ1) is 15.4. The van der Waals surface area contributed by atoms with Gasteiger partial charge in [0.25, 0.3) is 0 Å². The molecule has 116 valence electrons. The lowest BCUT2D eigenvalue weighted by Gasteiger charge is -2.28. The predicted molar refractivity (Wildman–Crippen MR) is 80.1 cm³/mol. The fourth-order valence-corrected chi connectivity index (χ4v) is 2.05. The minimum absolute atomic E-state index is 0.0978. The van der Waals surface area contributed by atoms with E-state index in [1.807, 2.05) is 0 Å². The third kappa shape index (κ3) is 3.78. The quantitative estimate of drug-likeness (QED) is 0.746. The van der Waals surface area contributed by atoms with Crippen molar-refractivity contribution in [2.75, 3.05) is 25.5 Å². The second-order valence-electron chi connectivity index (χ2n) is 6.10. The summed E-state index contributed by atoms with van der Waals surface area (Å²) in [5.74, 6) is 0.600. The number of aromatic hydroxyl groups is 1. The molecule has 0 bridgehead atoms. The van der Waals surface area contributed by atoms with Gasteiger partial charge in [0.15, 0.2) is 11.5 Å². The van der Waals surface area contributed by atoms with E-state index in [2.05, 4.69) is 10.6 Å². The monoisotopic (exact) mass is 294 g/mol. The summed E-state index contributed by atoms with van der Waals surface area (Å²) in [7, 11) is 1.48. The topological polar surface area (TPSA) is 79.8 Å². The lowest BCUT2D eigenvalue weighted by Crippen LogP contribution is -2.39. The molecule has 21 heavy (non-hydrogen) atoms. The highest BCUT2D eigenvalue weighted by molar-refractivity contribution is 5.88. The summed E-state index contributed by atoms with van der Waals surface area (Å²) in [4.78, 5) is 11.8. The second-order valence-corrected chi connectivity index (χ2v) is 6.10. The smallest absolute Gasteiger partial charge is 0.412 e. The highest BCUT2D eigenvalue weighted by atomic mass is 16.6. The SMILES string of the molecule is COc1cc(C2CNC2)cc(NC(=O)OC(C)(C)C)c1O. The molecular formula is C15H22N2O4. The van der Waals surface area contributed by atoms with E-state index < -0.39 is 11.7 Å².